The molecular weight excluding hydrogens is 574 g/mol. The molecule has 1 aliphatic carbocycles. The summed E-state index contributed by atoms with van der Waals surface area (Å²) >= 11 is 0. The van der Waals surface area contributed by atoms with Gasteiger partial charge < -0.3 is 23.4 Å². The predicted octanol–water partition coefficient (Wildman–Crippen LogP) is 9.36. The summed E-state index contributed by atoms with van der Waals surface area (Å²) in [4.78, 5) is 0. The first-order valence-electron chi connectivity index (χ1n) is 15.6. The maximum absolute atomic E-state index is 9.94. The van der Waals surface area contributed by atoms with Gasteiger partial charge in [0.25, 0.3) is 0 Å². The molecule has 5 nitrogen and oxygen atoms in total. The van der Waals surface area contributed by atoms with Crippen LogP contribution in [0.5, 0.6) is 11.5 Å². The molecule has 4 aromatic carbocycles. The summed E-state index contributed by atoms with van der Waals surface area (Å²) in [6.07, 6.45) is 5.90. The quantitative estimate of drug-likeness (QED) is 0.169. The number of hydrogen-bond acceptors (Lipinski definition) is 5. The van der Waals surface area contributed by atoms with Crippen molar-refractivity contribution in [2.45, 2.75) is 91.0 Å². The minimum Gasteiger partial charge on any atom is -0.477 e. The van der Waals surface area contributed by atoms with Crippen LogP contribution in [0.2, 0.25) is 0 Å². The molecule has 5 unspecified atom stereocenters. The molecule has 0 aliphatic heterocycles. The van der Waals surface area contributed by atoms with E-state index in [1.54, 1.807) is 7.11 Å². The predicted molar refractivity (Wildman–Crippen MR) is 185 cm³/mol. The highest BCUT2D eigenvalue weighted by Gasteiger charge is 2.28. The Kier molecular flexibility index (Phi) is 13.1. The third-order valence-electron chi connectivity index (χ3n) is 8.25. The van der Waals surface area contributed by atoms with Crippen LogP contribution in [0.1, 0.15) is 69.2 Å². The molecule has 4 aromatic rings. The second-order valence-corrected chi connectivity index (χ2v) is 12.4. The summed E-state index contributed by atoms with van der Waals surface area (Å²) in [5.74, 6) is 1.94. The van der Waals surface area contributed by atoms with Crippen LogP contribution in [0.25, 0.3) is 21.5 Å². The maximum atomic E-state index is 9.94. The molecule has 232 valence electrons. The van der Waals surface area contributed by atoms with Crippen molar-refractivity contribution >= 4 is 39.4 Å². The van der Waals surface area contributed by atoms with Gasteiger partial charge in [0.15, 0.2) is 0 Å². The van der Waals surface area contributed by atoms with Gasteiger partial charge in [-0.05, 0) is 107 Å². The fourth-order valence-corrected chi connectivity index (χ4v) is 6.72. The Bertz CT molecular complexity index is 1470. The summed E-state index contributed by atoms with van der Waals surface area (Å²) in [6, 6.07) is 22.0. The second-order valence-electron chi connectivity index (χ2n) is 11.1. The molecule has 1 fully saturated rings. The first-order chi connectivity index (χ1) is 20.9. The van der Waals surface area contributed by atoms with Gasteiger partial charge in [0.1, 0.15) is 11.5 Å². The molecule has 0 radical (unpaired) electrons. The van der Waals surface area contributed by atoms with E-state index >= 15 is 0 Å². The number of aliphatic hydroxyl groups is 1. The van der Waals surface area contributed by atoms with Gasteiger partial charge >= 0.3 is 0 Å². The average molecular weight is 623 g/mol. The van der Waals surface area contributed by atoms with Gasteiger partial charge in [0.05, 0.1) is 27.1 Å². The van der Waals surface area contributed by atoms with E-state index in [0.29, 0.717) is 21.6 Å². The highest BCUT2D eigenvalue weighted by molar-refractivity contribution is 7.31. The number of ether oxygens (including phenoxy) is 1. The van der Waals surface area contributed by atoms with Gasteiger partial charge in [-0.15, -0.1) is 0 Å². The van der Waals surface area contributed by atoms with Crippen LogP contribution >= 0.6 is 17.8 Å². The van der Waals surface area contributed by atoms with Crippen molar-refractivity contribution in [2.24, 2.45) is 0 Å². The Hall–Kier alpha value is -2.26. The number of methoxy groups -OCH3 is 1. The van der Waals surface area contributed by atoms with Crippen molar-refractivity contribution in [3.05, 3.63) is 82.9 Å². The Labute approximate surface area is 261 Å². The third-order valence-corrected chi connectivity index (χ3v) is 9.41. The van der Waals surface area contributed by atoms with Gasteiger partial charge in [-0.1, -0.05) is 64.1 Å². The van der Waals surface area contributed by atoms with Crippen LogP contribution in [0.3, 0.4) is 0 Å². The second kappa shape index (κ2) is 16.7. The number of fused-ring (bicyclic) bond motifs is 2. The molecule has 1 N–H and O–H groups in total. The van der Waals surface area contributed by atoms with E-state index in [1.165, 1.54) is 43.8 Å². The summed E-state index contributed by atoms with van der Waals surface area (Å²) in [6.45, 7) is 10.7. The standard InChI is InChI=1S/C21H29O4P.C15H19OP/c1-4-14-6-7-16-10-21(15(5-2)9-17(16)8-14)25-26-24-20-12-18(22)11-19(13-20)23-3;1-4-11-6-7-13-10-15(16-17-3)12(5-2)9-14(13)8-11/h6-10,18-20,22,26H,4-5,11-13H2,1-3H3;6-10,17H,4-5H2,1-3H3. The molecule has 0 heterocycles. The highest BCUT2D eigenvalue weighted by Crippen LogP contribution is 2.35. The number of benzene rings is 4. The lowest BCUT2D eigenvalue weighted by molar-refractivity contribution is -0.0324. The normalized spacial score (nSPS) is 18.9. The van der Waals surface area contributed by atoms with Gasteiger partial charge in [0, 0.05) is 20.0 Å². The first-order valence-corrected chi connectivity index (χ1v) is 17.9. The van der Waals surface area contributed by atoms with E-state index < -0.39 is 0 Å². The molecule has 0 bridgehead atoms. The zero-order valence-electron chi connectivity index (χ0n) is 26.5. The molecule has 43 heavy (non-hydrogen) atoms. The molecule has 5 rings (SSSR count). The largest absolute Gasteiger partial charge is 0.477 e. The van der Waals surface area contributed by atoms with Crippen molar-refractivity contribution in [1.29, 1.82) is 0 Å². The Morgan fingerprint density at radius 3 is 1.67 bits per heavy atom. The van der Waals surface area contributed by atoms with Crippen molar-refractivity contribution in [1.82, 2.24) is 0 Å². The smallest absolute Gasteiger partial charge is 0.215 e. The molecule has 0 saturated heterocycles. The lowest BCUT2D eigenvalue weighted by Gasteiger charge is -2.31. The van der Waals surface area contributed by atoms with E-state index in [4.69, 9.17) is 18.3 Å². The van der Waals surface area contributed by atoms with E-state index in [-0.39, 0.29) is 27.3 Å². The van der Waals surface area contributed by atoms with Gasteiger partial charge in [-0.2, -0.15) is 0 Å². The third kappa shape index (κ3) is 9.13. The SMILES string of the molecule is CCc1ccc2cc(OPC)c(CC)cc2c1.CCc1ccc2cc(OPOC3CC(O)CC(OC)C3)c(CC)cc2c1. The zero-order valence-corrected chi connectivity index (χ0v) is 28.5. The summed E-state index contributed by atoms with van der Waals surface area (Å²) in [5.41, 5.74) is 5.24. The van der Waals surface area contributed by atoms with Crippen LogP contribution in [0, 0.1) is 0 Å². The summed E-state index contributed by atoms with van der Waals surface area (Å²) < 4.78 is 23.0. The van der Waals surface area contributed by atoms with Gasteiger partial charge in [0.2, 0.25) is 9.03 Å². The number of hydrogen-bond donors (Lipinski definition) is 1. The number of rotatable bonds is 11. The van der Waals surface area contributed by atoms with E-state index in [2.05, 4.69) is 95.0 Å². The van der Waals surface area contributed by atoms with Gasteiger partial charge in [-0.25, -0.2) is 0 Å². The zero-order chi connectivity index (χ0) is 30.8. The van der Waals surface area contributed by atoms with Crippen LogP contribution in [-0.4, -0.2) is 37.2 Å². The van der Waals surface area contributed by atoms with Crippen LogP contribution < -0.4 is 9.05 Å². The molecule has 1 aliphatic rings. The maximum Gasteiger partial charge on any atom is 0.215 e. The number of aryl methyl sites for hydroxylation is 4. The van der Waals surface area contributed by atoms with Crippen molar-refractivity contribution < 1.29 is 23.4 Å². The highest BCUT2D eigenvalue weighted by atomic mass is 31.1. The number of aliphatic hydroxyl groups excluding tert-OH is 1. The fraction of sp³-hybridized carbons (Fsp3) is 0.444. The first kappa shape index (κ1) is 33.6. The van der Waals surface area contributed by atoms with Crippen molar-refractivity contribution in [2.75, 3.05) is 13.8 Å². The minimum absolute atomic E-state index is 0.0142. The van der Waals surface area contributed by atoms with E-state index in [9.17, 15) is 5.11 Å². The van der Waals surface area contributed by atoms with Gasteiger partial charge in [-0.3, -0.25) is 0 Å². The molecule has 5 atom stereocenters. The van der Waals surface area contributed by atoms with Crippen LogP contribution in [-0.2, 0) is 34.9 Å². The molecular formula is C36H48O5P2. The van der Waals surface area contributed by atoms with Crippen LogP contribution in [0.15, 0.2) is 60.7 Å². The monoisotopic (exact) mass is 622 g/mol. The molecule has 0 spiro atoms. The Morgan fingerprint density at radius 2 is 1.19 bits per heavy atom. The summed E-state index contributed by atoms with van der Waals surface area (Å²) in [7, 11) is 2.11. The summed E-state index contributed by atoms with van der Waals surface area (Å²) in [5, 5.41) is 15.0. The Balaban J connectivity index is 0.000000215. The minimum atomic E-state index is -0.358. The van der Waals surface area contributed by atoms with Crippen molar-refractivity contribution in [3.63, 3.8) is 0 Å². The molecule has 7 heteroatoms. The van der Waals surface area contributed by atoms with E-state index in [0.717, 1.165) is 43.6 Å². The topological polar surface area (TPSA) is 57.2 Å². The van der Waals surface area contributed by atoms with Crippen LogP contribution in [0.4, 0.5) is 0 Å². The molecule has 1 saturated carbocycles. The average Bonchev–Trinajstić information content (AvgIpc) is 3.03. The lowest BCUT2D eigenvalue weighted by atomic mass is 9.93. The van der Waals surface area contributed by atoms with Crippen molar-refractivity contribution in [3.8, 4) is 11.5 Å². The fourth-order valence-electron chi connectivity index (χ4n) is 5.65. The Morgan fingerprint density at radius 1 is 0.651 bits per heavy atom. The lowest BCUT2D eigenvalue weighted by Crippen LogP contribution is -2.34. The molecule has 0 amide bonds. The molecule has 0 aromatic heterocycles. The van der Waals surface area contributed by atoms with E-state index in [1.807, 2.05) is 0 Å².